The highest BCUT2D eigenvalue weighted by Gasteiger charge is 2.26. The maximum atomic E-state index is 11.2. The molecule has 2 heteroatoms. The zero-order chi connectivity index (χ0) is 9.97. The van der Waals surface area contributed by atoms with E-state index in [1.54, 1.807) is 0 Å². The van der Waals surface area contributed by atoms with Crippen LogP contribution in [-0.4, -0.2) is 23.3 Å². The smallest absolute Gasteiger partial charge is 0.148 e. The van der Waals surface area contributed by atoms with Crippen LogP contribution in [0.2, 0.25) is 0 Å². The molecular weight excluding hydrogens is 174 g/mol. The number of hydrogen-bond acceptors (Lipinski definition) is 2. The second-order valence-electron chi connectivity index (χ2n) is 3.98. The molecular formula is C12H15NO. The fourth-order valence-electron chi connectivity index (χ4n) is 1.94. The van der Waals surface area contributed by atoms with Crippen molar-refractivity contribution in [2.24, 2.45) is 0 Å². The van der Waals surface area contributed by atoms with Crippen LogP contribution in [0.3, 0.4) is 0 Å². The van der Waals surface area contributed by atoms with E-state index in [2.05, 4.69) is 24.0 Å². The van der Waals surface area contributed by atoms with E-state index in [-0.39, 0.29) is 0 Å². The van der Waals surface area contributed by atoms with Gasteiger partial charge in [0.25, 0.3) is 0 Å². The summed E-state index contributed by atoms with van der Waals surface area (Å²) in [4.78, 5) is 13.4. The molecule has 1 aliphatic heterocycles. The number of nitrogens with zero attached hydrogens (tertiary/aromatic N) is 1. The molecule has 0 aliphatic carbocycles. The summed E-state index contributed by atoms with van der Waals surface area (Å²) in [5.74, 6) is 0.369. The molecule has 0 amide bonds. The van der Waals surface area contributed by atoms with E-state index in [1.807, 2.05) is 18.2 Å². The van der Waals surface area contributed by atoms with Crippen LogP contribution >= 0.6 is 0 Å². The number of carbonyl (C=O) groups excluding carboxylic acids is 1. The van der Waals surface area contributed by atoms with Crippen molar-refractivity contribution in [3.63, 3.8) is 0 Å². The highest BCUT2D eigenvalue weighted by Crippen LogP contribution is 2.16. The molecule has 0 radical (unpaired) electrons. The Morgan fingerprint density at radius 2 is 2.07 bits per heavy atom. The van der Waals surface area contributed by atoms with E-state index < -0.39 is 0 Å². The minimum atomic E-state index is 0.369. The summed E-state index contributed by atoms with van der Waals surface area (Å²) in [7, 11) is 0. The van der Waals surface area contributed by atoms with Gasteiger partial charge in [0.1, 0.15) is 5.78 Å². The lowest BCUT2D eigenvalue weighted by Crippen LogP contribution is -2.26. The topological polar surface area (TPSA) is 20.3 Å². The summed E-state index contributed by atoms with van der Waals surface area (Å²) in [5, 5.41) is 0. The lowest BCUT2D eigenvalue weighted by molar-refractivity contribution is -0.116. The van der Waals surface area contributed by atoms with Crippen molar-refractivity contribution in [1.29, 1.82) is 0 Å². The Bertz CT molecular complexity index is 320. The molecule has 1 fully saturated rings. The molecule has 14 heavy (non-hydrogen) atoms. The molecule has 1 saturated heterocycles. The molecule has 0 aromatic heterocycles. The third-order valence-electron chi connectivity index (χ3n) is 2.75. The van der Waals surface area contributed by atoms with E-state index >= 15 is 0 Å². The standard InChI is InChI=1S/C12H15NO/c1-10-7-12(14)9-13(10)8-11-5-3-2-4-6-11/h2-6,10H,7-9H2,1H3/t10-/m0/s1. The van der Waals surface area contributed by atoms with Crippen LogP contribution in [0.25, 0.3) is 0 Å². The summed E-state index contributed by atoms with van der Waals surface area (Å²) in [6, 6.07) is 10.7. The van der Waals surface area contributed by atoms with Gasteiger partial charge in [-0.2, -0.15) is 0 Å². The number of Topliss-reactive ketones (excluding diaryl/α,β-unsaturated/α-hetero) is 1. The van der Waals surface area contributed by atoms with Crippen molar-refractivity contribution in [3.05, 3.63) is 35.9 Å². The molecule has 1 atom stereocenters. The number of likely N-dealkylation sites (tertiary alicyclic amines) is 1. The molecule has 0 spiro atoms. The van der Waals surface area contributed by atoms with Crippen molar-refractivity contribution in [2.45, 2.75) is 25.9 Å². The first kappa shape index (κ1) is 9.41. The van der Waals surface area contributed by atoms with Gasteiger partial charge in [-0.15, -0.1) is 0 Å². The first-order valence-corrected chi connectivity index (χ1v) is 5.05. The van der Waals surface area contributed by atoms with Crippen LogP contribution in [0.5, 0.6) is 0 Å². The highest BCUT2D eigenvalue weighted by atomic mass is 16.1. The quantitative estimate of drug-likeness (QED) is 0.707. The van der Waals surface area contributed by atoms with Crippen LogP contribution in [0.1, 0.15) is 18.9 Å². The van der Waals surface area contributed by atoms with Crippen molar-refractivity contribution in [3.8, 4) is 0 Å². The largest absolute Gasteiger partial charge is 0.298 e. The molecule has 74 valence electrons. The molecule has 0 N–H and O–H groups in total. The first-order chi connectivity index (χ1) is 6.75. The van der Waals surface area contributed by atoms with Crippen molar-refractivity contribution in [2.75, 3.05) is 6.54 Å². The number of hydrogen-bond donors (Lipinski definition) is 0. The van der Waals surface area contributed by atoms with Crippen LogP contribution in [0, 0.1) is 0 Å². The second kappa shape index (κ2) is 3.93. The molecule has 2 nitrogen and oxygen atoms in total. The zero-order valence-electron chi connectivity index (χ0n) is 8.44. The lowest BCUT2D eigenvalue weighted by Gasteiger charge is -2.19. The van der Waals surface area contributed by atoms with E-state index in [0.717, 1.165) is 6.54 Å². The summed E-state index contributed by atoms with van der Waals surface area (Å²) in [6.07, 6.45) is 0.715. The summed E-state index contributed by atoms with van der Waals surface area (Å²) < 4.78 is 0. The number of rotatable bonds is 2. The molecule has 1 aliphatic rings. The van der Waals surface area contributed by atoms with Gasteiger partial charge in [0.15, 0.2) is 0 Å². The van der Waals surface area contributed by atoms with Gasteiger partial charge in [-0.3, -0.25) is 9.69 Å². The molecule has 2 rings (SSSR count). The summed E-state index contributed by atoms with van der Waals surface area (Å²) in [6.45, 7) is 3.64. The maximum absolute atomic E-state index is 11.2. The molecule has 1 heterocycles. The van der Waals surface area contributed by atoms with Crippen LogP contribution < -0.4 is 0 Å². The van der Waals surface area contributed by atoms with Gasteiger partial charge in [0, 0.05) is 19.0 Å². The third-order valence-corrected chi connectivity index (χ3v) is 2.75. The van der Waals surface area contributed by atoms with Crippen LogP contribution in [-0.2, 0) is 11.3 Å². The van der Waals surface area contributed by atoms with Gasteiger partial charge < -0.3 is 0 Å². The zero-order valence-corrected chi connectivity index (χ0v) is 8.44. The number of ketones is 1. The summed E-state index contributed by atoms with van der Waals surface area (Å²) in [5.41, 5.74) is 1.29. The number of carbonyl (C=O) groups is 1. The predicted octanol–water partition coefficient (Wildman–Crippen LogP) is 1.85. The Balaban J connectivity index is 2.02. The molecule has 0 bridgehead atoms. The van der Waals surface area contributed by atoms with Crippen molar-refractivity contribution < 1.29 is 4.79 Å². The Hall–Kier alpha value is -1.15. The normalized spacial score (nSPS) is 22.9. The molecule has 1 aromatic carbocycles. The van der Waals surface area contributed by atoms with Crippen LogP contribution in [0.4, 0.5) is 0 Å². The van der Waals surface area contributed by atoms with Gasteiger partial charge in [-0.25, -0.2) is 0 Å². The third kappa shape index (κ3) is 2.02. The van der Waals surface area contributed by atoms with E-state index in [1.165, 1.54) is 5.56 Å². The Morgan fingerprint density at radius 1 is 1.36 bits per heavy atom. The number of benzene rings is 1. The monoisotopic (exact) mass is 189 g/mol. The molecule has 0 unspecified atom stereocenters. The lowest BCUT2D eigenvalue weighted by atomic mass is 10.2. The van der Waals surface area contributed by atoms with Gasteiger partial charge in [0.2, 0.25) is 0 Å². The molecule has 1 aromatic rings. The van der Waals surface area contributed by atoms with Gasteiger partial charge in [0.05, 0.1) is 6.54 Å². The second-order valence-corrected chi connectivity index (χ2v) is 3.98. The Labute approximate surface area is 84.5 Å². The van der Waals surface area contributed by atoms with Gasteiger partial charge in [-0.05, 0) is 12.5 Å². The van der Waals surface area contributed by atoms with E-state index in [4.69, 9.17) is 0 Å². The van der Waals surface area contributed by atoms with Crippen molar-refractivity contribution in [1.82, 2.24) is 4.90 Å². The Morgan fingerprint density at radius 3 is 2.64 bits per heavy atom. The van der Waals surface area contributed by atoms with E-state index in [0.29, 0.717) is 24.8 Å². The Kier molecular flexibility index (Phi) is 2.64. The van der Waals surface area contributed by atoms with Gasteiger partial charge >= 0.3 is 0 Å². The first-order valence-electron chi connectivity index (χ1n) is 5.05. The minimum Gasteiger partial charge on any atom is -0.298 e. The fourth-order valence-corrected chi connectivity index (χ4v) is 1.94. The average molecular weight is 189 g/mol. The predicted molar refractivity (Wildman–Crippen MR) is 55.9 cm³/mol. The minimum absolute atomic E-state index is 0.369. The fraction of sp³-hybridized carbons (Fsp3) is 0.417. The van der Waals surface area contributed by atoms with E-state index in [9.17, 15) is 4.79 Å². The van der Waals surface area contributed by atoms with Crippen LogP contribution in [0.15, 0.2) is 30.3 Å². The maximum Gasteiger partial charge on any atom is 0.148 e. The molecule has 0 saturated carbocycles. The summed E-state index contributed by atoms with van der Waals surface area (Å²) >= 11 is 0. The SMILES string of the molecule is C[C@H]1CC(=O)CN1Cc1ccccc1. The van der Waals surface area contributed by atoms with Gasteiger partial charge in [-0.1, -0.05) is 30.3 Å². The average Bonchev–Trinajstić information content (AvgIpc) is 2.47. The highest BCUT2D eigenvalue weighted by molar-refractivity contribution is 5.83. The van der Waals surface area contributed by atoms with Crippen molar-refractivity contribution >= 4 is 5.78 Å².